The van der Waals surface area contributed by atoms with E-state index in [2.05, 4.69) is 11.4 Å². The van der Waals surface area contributed by atoms with Crippen LogP contribution in [0.3, 0.4) is 0 Å². The van der Waals surface area contributed by atoms with E-state index in [0.717, 1.165) is 17.0 Å². The molecule has 0 aliphatic heterocycles. The Bertz CT molecular complexity index is 485. The van der Waals surface area contributed by atoms with Crippen LogP contribution in [0.5, 0.6) is 5.75 Å². The molecule has 1 atom stereocenters. The number of para-hydroxylation sites is 1. The number of anilines is 1. The van der Waals surface area contributed by atoms with E-state index in [-0.39, 0.29) is 6.04 Å². The number of hydrogen-bond donors (Lipinski definition) is 2. The van der Waals surface area contributed by atoms with Crippen LogP contribution < -0.4 is 15.8 Å². The van der Waals surface area contributed by atoms with Crippen molar-refractivity contribution in [2.45, 2.75) is 6.04 Å². The molecule has 0 aliphatic rings. The number of hydrogen-bond acceptors (Lipinski definition) is 3. The molecule has 3 heteroatoms. The predicted octanol–water partition coefficient (Wildman–Crippen LogP) is 2.81. The molecule has 0 fully saturated rings. The van der Waals surface area contributed by atoms with Gasteiger partial charge in [0.15, 0.2) is 0 Å². The molecule has 0 aliphatic carbocycles. The van der Waals surface area contributed by atoms with E-state index in [4.69, 9.17) is 10.5 Å². The average molecular weight is 242 g/mol. The first-order valence-corrected chi connectivity index (χ1v) is 5.99. The zero-order valence-electron chi connectivity index (χ0n) is 10.5. The maximum absolute atomic E-state index is 5.84. The Hall–Kier alpha value is -2.00. The first kappa shape index (κ1) is 12.5. The van der Waals surface area contributed by atoms with Gasteiger partial charge in [-0.25, -0.2) is 0 Å². The van der Waals surface area contributed by atoms with Crippen molar-refractivity contribution < 1.29 is 4.74 Å². The molecule has 0 spiro atoms. The van der Waals surface area contributed by atoms with Crippen molar-refractivity contribution in [3.8, 4) is 5.75 Å². The van der Waals surface area contributed by atoms with Crippen molar-refractivity contribution in [3.63, 3.8) is 0 Å². The van der Waals surface area contributed by atoms with E-state index in [1.807, 2.05) is 48.5 Å². The number of benzene rings is 2. The van der Waals surface area contributed by atoms with Gasteiger partial charge in [0.25, 0.3) is 0 Å². The Morgan fingerprint density at radius 3 is 2.56 bits per heavy atom. The zero-order chi connectivity index (χ0) is 12.8. The molecule has 18 heavy (non-hydrogen) atoms. The van der Waals surface area contributed by atoms with Gasteiger partial charge in [0.1, 0.15) is 5.75 Å². The molecule has 0 radical (unpaired) electrons. The van der Waals surface area contributed by atoms with Crippen LogP contribution >= 0.6 is 0 Å². The molecule has 2 rings (SSSR count). The van der Waals surface area contributed by atoms with Crippen molar-refractivity contribution >= 4 is 5.69 Å². The van der Waals surface area contributed by atoms with Crippen LogP contribution in [-0.4, -0.2) is 13.7 Å². The van der Waals surface area contributed by atoms with Crippen molar-refractivity contribution in [2.24, 2.45) is 5.73 Å². The summed E-state index contributed by atoms with van der Waals surface area (Å²) in [6, 6.07) is 18.1. The fourth-order valence-corrected chi connectivity index (χ4v) is 1.87. The Balaban J connectivity index is 2.17. The van der Waals surface area contributed by atoms with E-state index < -0.39 is 0 Å². The Labute approximate surface area is 108 Å². The Kier molecular flexibility index (Phi) is 4.20. The first-order valence-electron chi connectivity index (χ1n) is 5.99. The molecule has 0 bridgehead atoms. The Morgan fingerprint density at radius 1 is 1.11 bits per heavy atom. The lowest BCUT2D eigenvalue weighted by atomic mass is 10.1. The smallest absolute Gasteiger partial charge is 0.119 e. The van der Waals surface area contributed by atoms with Crippen molar-refractivity contribution in [1.29, 1.82) is 0 Å². The lowest BCUT2D eigenvalue weighted by Gasteiger charge is -2.19. The SMILES string of the molecule is COc1cccc(C(CN)Nc2ccccc2)c1. The number of rotatable bonds is 5. The van der Waals surface area contributed by atoms with Crippen LogP contribution in [0, 0.1) is 0 Å². The molecule has 3 N–H and O–H groups in total. The summed E-state index contributed by atoms with van der Waals surface area (Å²) in [6.07, 6.45) is 0. The van der Waals surface area contributed by atoms with Crippen molar-refractivity contribution in [3.05, 3.63) is 60.2 Å². The second-order valence-corrected chi connectivity index (χ2v) is 4.08. The molecule has 0 saturated carbocycles. The van der Waals surface area contributed by atoms with Gasteiger partial charge in [-0.1, -0.05) is 30.3 Å². The summed E-state index contributed by atoms with van der Waals surface area (Å²) in [7, 11) is 1.67. The third-order valence-electron chi connectivity index (χ3n) is 2.85. The topological polar surface area (TPSA) is 47.3 Å². The molecule has 2 aromatic rings. The maximum atomic E-state index is 5.84. The molecule has 2 aromatic carbocycles. The highest BCUT2D eigenvalue weighted by atomic mass is 16.5. The molecule has 1 unspecified atom stereocenters. The molecule has 0 heterocycles. The minimum Gasteiger partial charge on any atom is -0.497 e. The minimum atomic E-state index is 0.0856. The van der Waals surface area contributed by atoms with Gasteiger partial charge in [-0.3, -0.25) is 0 Å². The zero-order valence-corrected chi connectivity index (χ0v) is 10.5. The summed E-state index contributed by atoms with van der Waals surface area (Å²) in [5, 5.41) is 3.42. The molecular weight excluding hydrogens is 224 g/mol. The van der Waals surface area contributed by atoms with E-state index in [1.54, 1.807) is 7.11 Å². The predicted molar refractivity (Wildman–Crippen MR) is 74.9 cm³/mol. The van der Waals surface area contributed by atoms with Crippen molar-refractivity contribution in [1.82, 2.24) is 0 Å². The Morgan fingerprint density at radius 2 is 1.89 bits per heavy atom. The number of ether oxygens (including phenoxy) is 1. The average Bonchev–Trinajstić information content (AvgIpc) is 2.46. The first-order chi connectivity index (χ1) is 8.83. The van der Waals surface area contributed by atoms with Crippen LogP contribution in [0.1, 0.15) is 11.6 Å². The van der Waals surface area contributed by atoms with E-state index >= 15 is 0 Å². The summed E-state index contributed by atoms with van der Waals surface area (Å²) in [5.74, 6) is 0.848. The standard InChI is InChI=1S/C15H18N2O/c1-18-14-9-5-6-12(10-14)15(11-16)17-13-7-3-2-4-8-13/h2-10,15,17H,11,16H2,1H3. The normalized spacial score (nSPS) is 11.9. The van der Waals surface area contributed by atoms with Gasteiger partial charge in [-0.15, -0.1) is 0 Å². The summed E-state index contributed by atoms with van der Waals surface area (Å²) in [6.45, 7) is 0.530. The van der Waals surface area contributed by atoms with Crippen LogP contribution in [0.25, 0.3) is 0 Å². The number of methoxy groups -OCH3 is 1. The van der Waals surface area contributed by atoms with Gasteiger partial charge in [-0.2, -0.15) is 0 Å². The molecule has 94 valence electrons. The van der Waals surface area contributed by atoms with Gasteiger partial charge in [0.05, 0.1) is 13.2 Å². The summed E-state index contributed by atoms with van der Waals surface area (Å²) < 4.78 is 5.23. The largest absolute Gasteiger partial charge is 0.497 e. The van der Waals surface area contributed by atoms with Gasteiger partial charge in [-0.05, 0) is 29.8 Å². The molecule has 0 aromatic heterocycles. The van der Waals surface area contributed by atoms with Gasteiger partial charge in [0.2, 0.25) is 0 Å². The third kappa shape index (κ3) is 3.02. The van der Waals surface area contributed by atoms with Crippen molar-refractivity contribution in [2.75, 3.05) is 19.0 Å². The van der Waals surface area contributed by atoms with Gasteiger partial charge in [0, 0.05) is 12.2 Å². The minimum absolute atomic E-state index is 0.0856. The fourth-order valence-electron chi connectivity index (χ4n) is 1.87. The second kappa shape index (κ2) is 6.07. The monoisotopic (exact) mass is 242 g/mol. The van der Waals surface area contributed by atoms with E-state index in [9.17, 15) is 0 Å². The summed E-state index contributed by atoms with van der Waals surface area (Å²) >= 11 is 0. The molecule has 3 nitrogen and oxygen atoms in total. The molecule has 0 amide bonds. The lowest BCUT2D eigenvalue weighted by molar-refractivity contribution is 0.414. The highest BCUT2D eigenvalue weighted by Crippen LogP contribution is 2.22. The lowest BCUT2D eigenvalue weighted by Crippen LogP contribution is -2.20. The summed E-state index contributed by atoms with van der Waals surface area (Å²) in [5.41, 5.74) is 8.03. The fraction of sp³-hybridized carbons (Fsp3) is 0.200. The van der Waals surface area contributed by atoms with E-state index in [1.165, 1.54) is 0 Å². The third-order valence-corrected chi connectivity index (χ3v) is 2.85. The highest BCUT2D eigenvalue weighted by molar-refractivity contribution is 5.46. The van der Waals surface area contributed by atoms with Crippen LogP contribution in [-0.2, 0) is 0 Å². The van der Waals surface area contributed by atoms with Gasteiger partial charge < -0.3 is 15.8 Å². The molecular formula is C15H18N2O. The molecule has 0 saturated heterocycles. The summed E-state index contributed by atoms with van der Waals surface area (Å²) in [4.78, 5) is 0. The number of nitrogens with two attached hydrogens (primary N) is 1. The highest BCUT2D eigenvalue weighted by Gasteiger charge is 2.09. The number of nitrogens with one attached hydrogen (secondary N) is 1. The second-order valence-electron chi connectivity index (χ2n) is 4.08. The van der Waals surface area contributed by atoms with Crippen LogP contribution in [0.4, 0.5) is 5.69 Å². The van der Waals surface area contributed by atoms with Crippen LogP contribution in [0.2, 0.25) is 0 Å². The quantitative estimate of drug-likeness (QED) is 0.847. The van der Waals surface area contributed by atoms with E-state index in [0.29, 0.717) is 6.54 Å². The van der Waals surface area contributed by atoms with Crippen LogP contribution in [0.15, 0.2) is 54.6 Å². The van der Waals surface area contributed by atoms with Gasteiger partial charge >= 0.3 is 0 Å². The maximum Gasteiger partial charge on any atom is 0.119 e.